The van der Waals surface area contributed by atoms with Crippen LogP contribution < -0.4 is 5.43 Å². The average Bonchev–Trinajstić information content (AvgIpc) is 2.18. The zero-order valence-corrected chi connectivity index (χ0v) is 10.8. The minimum absolute atomic E-state index is 0.538. The molecule has 1 rings (SSSR count). The molecule has 0 unspecified atom stereocenters. The molecule has 1 aromatic carbocycles. The van der Waals surface area contributed by atoms with Crippen LogP contribution in [0.4, 0.5) is 4.79 Å². The largest absolute Gasteiger partial charge is 0.443 e. The number of carbonyl (C=O) groups is 1. The molecule has 0 aliphatic carbocycles. The number of nitrogens with one attached hydrogen (secondary N) is 1. The summed E-state index contributed by atoms with van der Waals surface area (Å²) in [4.78, 5) is 11.3. The predicted octanol–water partition coefficient (Wildman–Crippen LogP) is 3.20. The van der Waals surface area contributed by atoms with Crippen LogP contribution in [-0.2, 0) is 4.74 Å². The van der Waals surface area contributed by atoms with Gasteiger partial charge in [-0.25, -0.2) is 10.2 Å². The van der Waals surface area contributed by atoms with Gasteiger partial charge in [0.25, 0.3) is 0 Å². The van der Waals surface area contributed by atoms with Crippen LogP contribution in [-0.4, -0.2) is 17.9 Å². The van der Waals surface area contributed by atoms with Gasteiger partial charge in [0.1, 0.15) is 5.60 Å². The Labute approximate surface area is 106 Å². The van der Waals surface area contributed by atoms with E-state index in [0.29, 0.717) is 5.02 Å². The summed E-state index contributed by atoms with van der Waals surface area (Å²) >= 11 is 5.91. The molecular weight excluding hydrogens is 240 g/mol. The van der Waals surface area contributed by atoms with E-state index in [1.54, 1.807) is 32.9 Å². The van der Waals surface area contributed by atoms with Crippen molar-refractivity contribution in [3.8, 4) is 0 Å². The van der Waals surface area contributed by atoms with E-state index in [0.717, 1.165) is 5.56 Å². The third-order valence-corrected chi connectivity index (χ3v) is 2.01. The number of hydrogen-bond donors (Lipinski definition) is 1. The van der Waals surface area contributed by atoms with Crippen molar-refractivity contribution >= 4 is 23.9 Å². The summed E-state index contributed by atoms with van der Waals surface area (Å²) in [6.45, 7) is 5.35. The lowest BCUT2D eigenvalue weighted by molar-refractivity contribution is 0.0529. The Morgan fingerprint density at radius 3 is 2.65 bits per heavy atom. The van der Waals surface area contributed by atoms with E-state index in [2.05, 4.69) is 10.5 Å². The van der Waals surface area contributed by atoms with Crippen molar-refractivity contribution in [2.24, 2.45) is 5.10 Å². The Kier molecular flexibility index (Phi) is 4.52. The lowest BCUT2D eigenvalue weighted by atomic mass is 10.2. The number of rotatable bonds is 2. The van der Waals surface area contributed by atoms with E-state index in [1.165, 1.54) is 6.21 Å². The molecule has 0 spiro atoms. The second kappa shape index (κ2) is 5.68. The van der Waals surface area contributed by atoms with Crippen molar-refractivity contribution in [2.75, 3.05) is 0 Å². The van der Waals surface area contributed by atoms with Gasteiger partial charge in [-0.05, 0) is 26.8 Å². The van der Waals surface area contributed by atoms with Gasteiger partial charge >= 0.3 is 6.09 Å². The molecule has 1 aromatic rings. The molecule has 0 aromatic heterocycles. The Bertz CT molecular complexity index is 425. The minimum Gasteiger partial charge on any atom is -0.443 e. The molecule has 17 heavy (non-hydrogen) atoms. The van der Waals surface area contributed by atoms with Gasteiger partial charge in [-0.15, -0.1) is 0 Å². The fourth-order valence-corrected chi connectivity index (χ4v) is 1.22. The molecule has 4 nitrogen and oxygen atoms in total. The lowest BCUT2D eigenvalue weighted by Gasteiger charge is -2.18. The molecule has 5 heteroatoms. The number of carbonyl (C=O) groups excluding carboxylic acids is 1. The molecule has 0 fully saturated rings. The van der Waals surface area contributed by atoms with E-state index in [4.69, 9.17) is 16.3 Å². The normalized spacial score (nSPS) is 11.5. The van der Waals surface area contributed by atoms with Crippen LogP contribution >= 0.6 is 11.6 Å². The molecule has 0 saturated carbocycles. The van der Waals surface area contributed by atoms with E-state index >= 15 is 0 Å². The number of benzene rings is 1. The average molecular weight is 255 g/mol. The van der Waals surface area contributed by atoms with Gasteiger partial charge in [0, 0.05) is 10.6 Å². The van der Waals surface area contributed by atoms with Crippen molar-refractivity contribution in [1.82, 2.24) is 5.43 Å². The Morgan fingerprint density at radius 1 is 1.41 bits per heavy atom. The maximum absolute atomic E-state index is 11.3. The maximum Gasteiger partial charge on any atom is 0.428 e. The number of hydrogen-bond acceptors (Lipinski definition) is 3. The summed E-state index contributed by atoms with van der Waals surface area (Å²) < 4.78 is 5.01. The molecule has 0 bridgehead atoms. The minimum atomic E-state index is -0.596. The standard InChI is InChI=1S/C12H15ClN2O2/c1-12(2,3)17-11(16)15-14-8-9-6-4-5-7-10(9)13/h4-8H,1-3H3,(H,15,16). The summed E-state index contributed by atoms with van der Waals surface area (Å²) in [6, 6.07) is 7.20. The molecule has 92 valence electrons. The third-order valence-electron chi connectivity index (χ3n) is 1.66. The molecule has 0 aliphatic rings. The van der Waals surface area contributed by atoms with Crippen LogP contribution in [0.5, 0.6) is 0 Å². The lowest BCUT2D eigenvalue weighted by Crippen LogP contribution is -2.29. The van der Waals surface area contributed by atoms with Gasteiger partial charge in [0.2, 0.25) is 0 Å². The third kappa shape index (κ3) is 5.36. The molecule has 0 aliphatic heterocycles. The van der Waals surface area contributed by atoms with Crippen molar-refractivity contribution < 1.29 is 9.53 Å². The predicted molar refractivity (Wildman–Crippen MR) is 68.4 cm³/mol. The molecule has 1 amide bonds. The molecule has 0 heterocycles. The van der Waals surface area contributed by atoms with Gasteiger partial charge in [0.05, 0.1) is 6.21 Å². The summed E-state index contributed by atoms with van der Waals surface area (Å²) in [5, 5.41) is 4.32. The zero-order valence-electron chi connectivity index (χ0n) is 10.0. The number of amides is 1. The second-order valence-corrected chi connectivity index (χ2v) is 4.80. The second-order valence-electron chi connectivity index (χ2n) is 4.39. The summed E-state index contributed by atoms with van der Waals surface area (Å²) in [5.41, 5.74) is 2.45. The number of ether oxygens (including phenoxy) is 1. The highest BCUT2D eigenvalue weighted by molar-refractivity contribution is 6.33. The highest BCUT2D eigenvalue weighted by Gasteiger charge is 2.15. The molecule has 0 saturated heterocycles. The first-order valence-electron chi connectivity index (χ1n) is 5.15. The van der Waals surface area contributed by atoms with E-state index in [1.807, 2.05) is 12.1 Å². The Hall–Kier alpha value is -1.55. The number of nitrogens with zero attached hydrogens (tertiary/aromatic N) is 1. The van der Waals surface area contributed by atoms with Crippen LogP contribution in [0, 0.1) is 0 Å². The molecule has 1 N–H and O–H groups in total. The van der Waals surface area contributed by atoms with E-state index < -0.39 is 11.7 Å². The SMILES string of the molecule is CC(C)(C)OC(=O)NN=Cc1ccccc1Cl. The van der Waals surface area contributed by atoms with Gasteiger partial charge in [-0.3, -0.25) is 0 Å². The quantitative estimate of drug-likeness (QED) is 0.651. The first-order valence-corrected chi connectivity index (χ1v) is 5.53. The summed E-state index contributed by atoms with van der Waals surface area (Å²) in [6.07, 6.45) is 0.868. The molecular formula is C12H15ClN2O2. The van der Waals surface area contributed by atoms with Crippen LogP contribution in [0.1, 0.15) is 26.3 Å². The number of hydrazone groups is 1. The van der Waals surface area contributed by atoms with Crippen LogP contribution in [0.15, 0.2) is 29.4 Å². The highest BCUT2D eigenvalue weighted by atomic mass is 35.5. The topological polar surface area (TPSA) is 50.7 Å². The zero-order chi connectivity index (χ0) is 12.9. The van der Waals surface area contributed by atoms with Crippen LogP contribution in [0.25, 0.3) is 0 Å². The van der Waals surface area contributed by atoms with Gasteiger partial charge in [0.15, 0.2) is 0 Å². The fraction of sp³-hybridized carbons (Fsp3) is 0.333. The van der Waals surface area contributed by atoms with Crippen molar-refractivity contribution in [3.63, 3.8) is 0 Å². The van der Waals surface area contributed by atoms with E-state index in [9.17, 15) is 4.79 Å². The van der Waals surface area contributed by atoms with Crippen LogP contribution in [0.2, 0.25) is 5.02 Å². The van der Waals surface area contributed by atoms with Crippen molar-refractivity contribution in [3.05, 3.63) is 34.9 Å². The summed E-state index contributed by atoms with van der Waals surface area (Å²) in [5.74, 6) is 0. The monoisotopic (exact) mass is 254 g/mol. The smallest absolute Gasteiger partial charge is 0.428 e. The fourth-order valence-electron chi connectivity index (χ4n) is 1.04. The van der Waals surface area contributed by atoms with E-state index in [-0.39, 0.29) is 0 Å². The first-order chi connectivity index (χ1) is 7.88. The Morgan fingerprint density at radius 2 is 2.06 bits per heavy atom. The van der Waals surface area contributed by atoms with Crippen LogP contribution in [0.3, 0.4) is 0 Å². The van der Waals surface area contributed by atoms with Gasteiger partial charge in [-0.2, -0.15) is 5.10 Å². The number of halogens is 1. The summed E-state index contributed by atoms with van der Waals surface area (Å²) in [7, 11) is 0. The highest BCUT2D eigenvalue weighted by Crippen LogP contribution is 2.12. The first kappa shape index (κ1) is 13.5. The molecule has 0 radical (unpaired) electrons. The van der Waals surface area contributed by atoms with Crippen molar-refractivity contribution in [2.45, 2.75) is 26.4 Å². The Balaban J connectivity index is 2.51. The van der Waals surface area contributed by atoms with Crippen molar-refractivity contribution in [1.29, 1.82) is 0 Å². The maximum atomic E-state index is 11.3. The van der Waals surface area contributed by atoms with Gasteiger partial charge in [-0.1, -0.05) is 29.8 Å². The molecule has 0 atom stereocenters. The van der Waals surface area contributed by atoms with Gasteiger partial charge < -0.3 is 4.74 Å².